The first-order chi connectivity index (χ1) is 7.79. The maximum absolute atomic E-state index is 5.84. The van der Waals surface area contributed by atoms with Crippen LogP contribution in [0.2, 0.25) is 0 Å². The lowest BCUT2D eigenvalue weighted by Gasteiger charge is -2.13. The molecule has 1 fully saturated rings. The average Bonchev–Trinajstić information content (AvgIpc) is 2.76. The number of ether oxygens (including phenoxy) is 2. The highest BCUT2D eigenvalue weighted by Crippen LogP contribution is 2.24. The fourth-order valence-corrected chi connectivity index (χ4v) is 2.14. The quantitative estimate of drug-likeness (QED) is 0.921. The first-order valence-electron chi connectivity index (χ1n) is 5.47. The van der Waals surface area contributed by atoms with Crippen LogP contribution in [0.15, 0.2) is 22.7 Å². The molecule has 0 bridgehead atoms. The van der Waals surface area contributed by atoms with Crippen LogP contribution in [-0.2, 0) is 11.3 Å². The molecule has 0 saturated carbocycles. The molecular weight excluding hydrogens is 270 g/mol. The SMILES string of the molecule is CNCc1cc(OC2CCOC2)ccc1Br. The predicted molar refractivity (Wildman–Crippen MR) is 66.8 cm³/mol. The third-order valence-corrected chi connectivity index (χ3v) is 3.35. The molecule has 1 heterocycles. The molecule has 1 atom stereocenters. The maximum atomic E-state index is 5.84. The molecule has 1 aliphatic rings. The number of nitrogens with one attached hydrogen (secondary N) is 1. The summed E-state index contributed by atoms with van der Waals surface area (Å²) in [5.74, 6) is 0.920. The Bertz CT molecular complexity index is 351. The smallest absolute Gasteiger partial charge is 0.124 e. The van der Waals surface area contributed by atoms with Gasteiger partial charge >= 0.3 is 0 Å². The lowest BCUT2D eigenvalue weighted by atomic mass is 10.2. The van der Waals surface area contributed by atoms with E-state index in [1.54, 1.807) is 0 Å². The normalized spacial score (nSPS) is 20.0. The first kappa shape index (κ1) is 11.9. The van der Waals surface area contributed by atoms with Crippen LogP contribution in [-0.4, -0.2) is 26.4 Å². The van der Waals surface area contributed by atoms with Gasteiger partial charge in [-0.2, -0.15) is 0 Å². The van der Waals surface area contributed by atoms with Crippen LogP contribution >= 0.6 is 15.9 Å². The van der Waals surface area contributed by atoms with E-state index in [2.05, 4.69) is 27.3 Å². The summed E-state index contributed by atoms with van der Waals surface area (Å²) in [6.45, 7) is 2.35. The van der Waals surface area contributed by atoms with Gasteiger partial charge in [0.15, 0.2) is 0 Å². The van der Waals surface area contributed by atoms with E-state index in [4.69, 9.17) is 9.47 Å². The van der Waals surface area contributed by atoms with Gasteiger partial charge in [0.1, 0.15) is 11.9 Å². The van der Waals surface area contributed by atoms with E-state index in [0.29, 0.717) is 6.61 Å². The summed E-state index contributed by atoms with van der Waals surface area (Å²) < 4.78 is 12.2. The Morgan fingerprint density at radius 1 is 1.56 bits per heavy atom. The second-order valence-electron chi connectivity index (χ2n) is 3.89. The molecule has 0 amide bonds. The number of hydrogen-bond donors (Lipinski definition) is 1. The van der Waals surface area contributed by atoms with E-state index < -0.39 is 0 Å². The van der Waals surface area contributed by atoms with Crippen LogP contribution in [0, 0.1) is 0 Å². The van der Waals surface area contributed by atoms with Crippen LogP contribution < -0.4 is 10.1 Å². The van der Waals surface area contributed by atoms with Crippen molar-refractivity contribution in [2.45, 2.75) is 19.1 Å². The molecule has 16 heavy (non-hydrogen) atoms. The summed E-state index contributed by atoms with van der Waals surface area (Å²) >= 11 is 3.52. The minimum atomic E-state index is 0.212. The monoisotopic (exact) mass is 285 g/mol. The van der Waals surface area contributed by atoms with Crippen molar-refractivity contribution in [1.29, 1.82) is 0 Å². The van der Waals surface area contributed by atoms with Crippen molar-refractivity contribution in [2.24, 2.45) is 0 Å². The number of rotatable bonds is 4. The minimum absolute atomic E-state index is 0.212. The Kier molecular flexibility index (Phi) is 4.21. The van der Waals surface area contributed by atoms with Gasteiger partial charge in [-0.25, -0.2) is 0 Å². The molecule has 4 heteroatoms. The van der Waals surface area contributed by atoms with Gasteiger partial charge in [-0.3, -0.25) is 0 Å². The van der Waals surface area contributed by atoms with Crippen molar-refractivity contribution in [3.63, 3.8) is 0 Å². The molecule has 1 aliphatic heterocycles. The van der Waals surface area contributed by atoms with Gasteiger partial charge < -0.3 is 14.8 Å². The lowest BCUT2D eigenvalue weighted by Crippen LogP contribution is -2.16. The molecule has 3 nitrogen and oxygen atoms in total. The largest absolute Gasteiger partial charge is 0.488 e. The topological polar surface area (TPSA) is 30.5 Å². The Labute approximate surface area is 104 Å². The van der Waals surface area contributed by atoms with Crippen molar-refractivity contribution >= 4 is 15.9 Å². The van der Waals surface area contributed by atoms with Gasteiger partial charge in [-0.15, -0.1) is 0 Å². The fraction of sp³-hybridized carbons (Fsp3) is 0.500. The number of hydrogen-bond acceptors (Lipinski definition) is 3. The predicted octanol–water partition coefficient (Wildman–Crippen LogP) is 2.34. The second kappa shape index (κ2) is 5.66. The van der Waals surface area contributed by atoms with Crippen LogP contribution in [0.3, 0.4) is 0 Å². The summed E-state index contributed by atoms with van der Waals surface area (Å²) in [6, 6.07) is 6.08. The van der Waals surface area contributed by atoms with Gasteiger partial charge in [-0.05, 0) is 30.8 Å². The maximum Gasteiger partial charge on any atom is 0.124 e. The zero-order valence-corrected chi connectivity index (χ0v) is 10.9. The summed E-state index contributed by atoms with van der Waals surface area (Å²) in [5.41, 5.74) is 1.21. The number of benzene rings is 1. The van der Waals surface area contributed by atoms with Crippen molar-refractivity contribution in [3.05, 3.63) is 28.2 Å². The molecule has 1 saturated heterocycles. The molecule has 0 aromatic heterocycles. The summed E-state index contributed by atoms with van der Waals surface area (Å²) in [6.07, 6.45) is 1.20. The van der Waals surface area contributed by atoms with Crippen LogP contribution in [0.5, 0.6) is 5.75 Å². The minimum Gasteiger partial charge on any atom is -0.488 e. The van der Waals surface area contributed by atoms with Crippen LogP contribution in [0.25, 0.3) is 0 Å². The summed E-state index contributed by atoms with van der Waals surface area (Å²) in [4.78, 5) is 0. The molecule has 1 unspecified atom stereocenters. The molecule has 1 aromatic rings. The van der Waals surface area contributed by atoms with Crippen molar-refractivity contribution in [2.75, 3.05) is 20.3 Å². The van der Waals surface area contributed by atoms with Crippen LogP contribution in [0.4, 0.5) is 0 Å². The Morgan fingerprint density at radius 3 is 3.12 bits per heavy atom. The third kappa shape index (κ3) is 2.97. The van der Waals surface area contributed by atoms with Crippen molar-refractivity contribution in [3.8, 4) is 5.75 Å². The molecule has 1 N–H and O–H groups in total. The molecule has 0 spiro atoms. The zero-order chi connectivity index (χ0) is 11.4. The zero-order valence-electron chi connectivity index (χ0n) is 9.33. The Hall–Kier alpha value is -0.580. The van der Waals surface area contributed by atoms with E-state index in [0.717, 1.165) is 29.8 Å². The highest BCUT2D eigenvalue weighted by molar-refractivity contribution is 9.10. The van der Waals surface area contributed by atoms with E-state index in [-0.39, 0.29) is 6.10 Å². The summed E-state index contributed by atoms with van der Waals surface area (Å²) in [5, 5.41) is 3.14. The molecule has 2 rings (SSSR count). The van der Waals surface area contributed by atoms with E-state index in [9.17, 15) is 0 Å². The van der Waals surface area contributed by atoms with Gasteiger partial charge in [0.05, 0.1) is 13.2 Å². The van der Waals surface area contributed by atoms with Crippen molar-refractivity contribution < 1.29 is 9.47 Å². The first-order valence-corrected chi connectivity index (χ1v) is 6.26. The third-order valence-electron chi connectivity index (χ3n) is 2.58. The van der Waals surface area contributed by atoms with E-state index in [1.807, 2.05) is 19.2 Å². The molecule has 0 radical (unpaired) electrons. The lowest BCUT2D eigenvalue weighted by molar-refractivity contribution is 0.141. The van der Waals surface area contributed by atoms with Gasteiger partial charge in [0.2, 0.25) is 0 Å². The molecule has 0 aliphatic carbocycles. The standard InChI is InChI=1S/C12H16BrNO2/c1-14-7-9-6-10(2-3-12(9)13)16-11-4-5-15-8-11/h2-3,6,11,14H,4-5,7-8H2,1H3. The van der Waals surface area contributed by atoms with Gasteiger partial charge in [0.25, 0.3) is 0 Å². The van der Waals surface area contributed by atoms with Gasteiger partial charge in [0, 0.05) is 17.4 Å². The number of halogens is 1. The molecular formula is C12H16BrNO2. The fourth-order valence-electron chi connectivity index (χ4n) is 1.75. The van der Waals surface area contributed by atoms with Crippen molar-refractivity contribution in [1.82, 2.24) is 5.32 Å². The highest BCUT2D eigenvalue weighted by Gasteiger charge is 2.17. The highest BCUT2D eigenvalue weighted by atomic mass is 79.9. The average molecular weight is 286 g/mol. The Morgan fingerprint density at radius 2 is 2.44 bits per heavy atom. The molecule has 88 valence electrons. The van der Waals surface area contributed by atoms with E-state index >= 15 is 0 Å². The molecule has 1 aromatic carbocycles. The van der Waals surface area contributed by atoms with E-state index in [1.165, 1.54) is 5.56 Å². The van der Waals surface area contributed by atoms with Crippen LogP contribution in [0.1, 0.15) is 12.0 Å². The summed E-state index contributed by atoms with van der Waals surface area (Å²) in [7, 11) is 1.94. The van der Waals surface area contributed by atoms with Gasteiger partial charge in [-0.1, -0.05) is 15.9 Å². The second-order valence-corrected chi connectivity index (χ2v) is 4.74. The Balaban J connectivity index is 2.05.